The van der Waals surface area contributed by atoms with E-state index in [1.54, 1.807) is 0 Å². The summed E-state index contributed by atoms with van der Waals surface area (Å²) in [6.07, 6.45) is 3.58. The Morgan fingerprint density at radius 1 is 1.42 bits per heavy atom. The van der Waals surface area contributed by atoms with Crippen LogP contribution in [0.15, 0.2) is 6.07 Å². The fourth-order valence-corrected chi connectivity index (χ4v) is 2.71. The highest BCUT2D eigenvalue weighted by molar-refractivity contribution is 5.91. The number of ether oxygens (including phenoxy) is 1. The van der Waals surface area contributed by atoms with Crippen molar-refractivity contribution in [2.24, 2.45) is 11.7 Å². The zero-order valence-corrected chi connectivity index (χ0v) is 10.9. The fraction of sp³-hybridized carbons (Fsp3) is 0.692. The maximum absolute atomic E-state index is 12.0. The Morgan fingerprint density at radius 2 is 2.16 bits per heavy atom. The second-order valence-corrected chi connectivity index (χ2v) is 5.51. The summed E-state index contributed by atoms with van der Waals surface area (Å²) in [6, 6.07) is 2.24. The summed E-state index contributed by atoms with van der Waals surface area (Å²) in [5.74, 6) is 1.18. The maximum Gasteiger partial charge on any atom is 0.228 e. The average molecular weight is 264 g/mol. The molecule has 2 aliphatic rings. The largest absolute Gasteiger partial charge is 0.381 e. The van der Waals surface area contributed by atoms with Gasteiger partial charge in [0, 0.05) is 42.9 Å². The van der Waals surface area contributed by atoms with E-state index in [4.69, 9.17) is 10.5 Å². The molecule has 104 valence electrons. The number of aromatic nitrogens is 2. The van der Waals surface area contributed by atoms with Crippen LogP contribution in [0.25, 0.3) is 0 Å². The van der Waals surface area contributed by atoms with Crippen LogP contribution in [-0.2, 0) is 9.53 Å². The molecule has 1 saturated heterocycles. The van der Waals surface area contributed by atoms with Gasteiger partial charge in [0.25, 0.3) is 0 Å². The number of nitrogens with one attached hydrogen (secondary N) is 2. The molecule has 6 heteroatoms. The monoisotopic (exact) mass is 264 g/mol. The van der Waals surface area contributed by atoms with E-state index in [9.17, 15) is 4.79 Å². The van der Waals surface area contributed by atoms with E-state index >= 15 is 0 Å². The van der Waals surface area contributed by atoms with Crippen LogP contribution in [0.5, 0.6) is 0 Å². The van der Waals surface area contributed by atoms with Gasteiger partial charge in [0.15, 0.2) is 5.82 Å². The Labute approximate surface area is 112 Å². The number of carbonyl (C=O) groups is 1. The number of rotatable bonds is 3. The van der Waals surface area contributed by atoms with Crippen LogP contribution in [0, 0.1) is 5.92 Å². The maximum atomic E-state index is 12.0. The normalized spacial score (nSPS) is 27.8. The number of amides is 1. The van der Waals surface area contributed by atoms with Gasteiger partial charge in [-0.1, -0.05) is 0 Å². The second kappa shape index (κ2) is 5.30. The third-order valence-corrected chi connectivity index (χ3v) is 4.06. The number of anilines is 1. The van der Waals surface area contributed by atoms with E-state index in [0.717, 1.165) is 31.4 Å². The molecule has 6 nitrogen and oxygen atoms in total. The lowest BCUT2D eigenvalue weighted by Gasteiger charge is -2.31. The van der Waals surface area contributed by atoms with E-state index in [0.29, 0.717) is 31.0 Å². The summed E-state index contributed by atoms with van der Waals surface area (Å²) in [6.45, 7) is 1.34. The summed E-state index contributed by atoms with van der Waals surface area (Å²) in [4.78, 5) is 12.0. The Morgan fingerprint density at radius 3 is 2.84 bits per heavy atom. The van der Waals surface area contributed by atoms with Gasteiger partial charge in [-0.25, -0.2) is 0 Å². The fourth-order valence-electron chi connectivity index (χ4n) is 2.71. The standard InChI is InChI=1S/C13H20N4O2/c14-10-5-9(6-10)11-7-12(17-16-11)15-13(18)8-1-3-19-4-2-8/h7-10H,1-6,14H2,(H2,15,16,17,18). The Balaban J connectivity index is 1.56. The van der Waals surface area contributed by atoms with E-state index in [1.165, 1.54) is 0 Å². The topological polar surface area (TPSA) is 93.0 Å². The molecule has 0 aromatic carbocycles. The highest BCUT2D eigenvalue weighted by atomic mass is 16.5. The molecule has 1 aliphatic heterocycles. The van der Waals surface area contributed by atoms with Crippen molar-refractivity contribution in [3.63, 3.8) is 0 Å². The lowest BCUT2D eigenvalue weighted by Crippen LogP contribution is -2.34. The minimum Gasteiger partial charge on any atom is -0.381 e. The SMILES string of the molecule is NC1CC(c2cc(NC(=O)C3CCOCC3)n[nH]2)C1. The van der Waals surface area contributed by atoms with Gasteiger partial charge in [0.05, 0.1) is 0 Å². The summed E-state index contributed by atoms with van der Waals surface area (Å²) in [7, 11) is 0. The van der Waals surface area contributed by atoms with Crippen molar-refractivity contribution >= 4 is 11.7 Å². The molecule has 1 aromatic rings. The minimum atomic E-state index is 0.0472. The molecule has 1 aliphatic carbocycles. The van der Waals surface area contributed by atoms with Crippen molar-refractivity contribution in [2.45, 2.75) is 37.6 Å². The highest BCUT2D eigenvalue weighted by Gasteiger charge is 2.29. The number of hydrogen-bond acceptors (Lipinski definition) is 4. The number of aromatic amines is 1. The highest BCUT2D eigenvalue weighted by Crippen LogP contribution is 2.35. The van der Waals surface area contributed by atoms with Gasteiger partial charge in [-0.3, -0.25) is 9.89 Å². The van der Waals surface area contributed by atoms with Crippen LogP contribution < -0.4 is 11.1 Å². The molecule has 4 N–H and O–H groups in total. The molecule has 0 spiro atoms. The predicted molar refractivity (Wildman–Crippen MR) is 70.7 cm³/mol. The molecule has 1 saturated carbocycles. The first-order valence-electron chi connectivity index (χ1n) is 6.92. The number of carbonyl (C=O) groups excluding carboxylic acids is 1. The Hall–Kier alpha value is -1.40. The molecule has 1 amide bonds. The first kappa shape index (κ1) is 12.6. The van der Waals surface area contributed by atoms with E-state index < -0.39 is 0 Å². The molecule has 3 rings (SSSR count). The van der Waals surface area contributed by atoms with Crippen molar-refractivity contribution < 1.29 is 9.53 Å². The van der Waals surface area contributed by atoms with Crippen molar-refractivity contribution in [3.8, 4) is 0 Å². The summed E-state index contributed by atoms with van der Waals surface area (Å²) in [5.41, 5.74) is 6.85. The zero-order valence-electron chi connectivity index (χ0n) is 10.9. The molecular formula is C13H20N4O2. The molecule has 0 atom stereocenters. The van der Waals surface area contributed by atoms with Crippen molar-refractivity contribution in [2.75, 3.05) is 18.5 Å². The summed E-state index contributed by atoms with van der Waals surface area (Å²) >= 11 is 0. The van der Waals surface area contributed by atoms with Gasteiger partial charge < -0.3 is 15.8 Å². The molecular weight excluding hydrogens is 244 g/mol. The third-order valence-electron chi connectivity index (χ3n) is 4.06. The minimum absolute atomic E-state index is 0.0472. The first-order valence-corrected chi connectivity index (χ1v) is 6.92. The van der Waals surface area contributed by atoms with Gasteiger partial charge in [-0.15, -0.1) is 0 Å². The van der Waals surface area contributed by atoms with Gasteiger partial charge >= 0.3 is 0 Å². The molecule has 2 fully saturated rings. The molecule has 0 bridgehead atoms. The van der Waals surface area contributed by atoms with E-state index in [-0.39, 0.29) is 11.8 Å². The Kier molecular flexibility index (Phi) is 3.52. The molecule has 1 aromatic heterocycles. The van der Waals surface area contributed by atoms with Crippen molar-refractivity contribution in [1.82, 2.24) is 10.2 Å². The first-order chi connectivity index (χ1) is 9.22. The van der Waals surface area contributed by atoms with Crippen LogP contribution in [0.2, 0.25) is 0 Å². The second-order valence-electron chi connectivity index (χ2n) is 5.51. The quantitative estimate of drug-likeness (QED) is 0.758. The van der Waals surface area contributed by atoms with E-state index in [2.05, 4.69) is 15.5 Å². The zero-order chi connectivity index (χ0) is 13.2. The predicted octanol–water partition coefficient (Wildman–Crippen LogP) is 0.979. The lowest BCUT2D eigenvalue weighted by molar-refractivity contribution is -0.122. The molecule has 2 heterocycles. The summed E-state index contributed by atoms with van der Waals surface area (Å²) < 4.78 is 5.25. The van der Waals surface area contributed by atoms with Crippen LogP contribution in [0.4, 0.5) is 5.82 Å². The molecule has 0 radical (unpaired) electrons. The molecule has 19 heavy (non-hydrogen) atoms. The average Bonchev–Trinajstić information content (AvgIpc) is 2.84. The van der Waals surface area contributed by atoms with Crippen molar-refractivity contribution in [3.05, 3.63) is 11.8 Å². The Bertz CT molecular complexity index is 447. The van der Waals surface area contributed by atoms with Crippen LogP contribution in [-0.4, -0.2) is 35.4 Å². The van der Waals surface area contributed by atoms with Crippen LogP contribution in [0.1, 0.15) is 37.3 Å². The van der Waals surface area contributed by atoms with Gasteiger partial charge in [-0.2, -0.15) is 5.10 Å². The van der Waals surface area contributed by atoms with Gasteiger partial charge in [0.1, 0.15) is 0 Å². The number of hydrogen-bond donors (Lipinski definition) is 3. The van der Waals surface area contributed by atoms with Gasteiger partial charge in [-0.05, 0) is 25.7 Å². The number of nitrogens with zero attached hydrogens (tertiary/aromatic N) is 1. The number of H-pyrrole nitrogens is 1. The smallest absolute Gasteiger partial charge is 0.228 e. The van der Waals surface area contributed by atoms with Gasteiger partial charge in [0.2, 0.25) is 5.91 Å². The van der Waals surface area contributed by atoms with E-state index in [1.807, 2.05) is 6.07 Å². The van der Waals surface area contributed by atoms with Crippen LogP contribution >= 0.6 is 0 Å². The number of nitrogens with two attached hydrogens (primary N) is 1. The van der Waals surface area contributed by atoms with Crippen LogP contribution in [0.3, 0.4) is 0 Å². The molecule has 0 unspecified atom stereocenters. The third kappa shape index (κ3) is 2.79. The lowest BCUT2D eigenvalue weighted by atomic mass is 9.79. The van der Waals surface area contributed by atoms with Crippen molar-refractivity contribution in [1.29, 1.82) is 0 Å². The summed E-state index contributed by atoms with van der Waals surface area (Å²) in [5, 5.41) is 10.0.